The summed E-state index contributed by atoms with van der Waals surface area (Å²) in [6.07, 6.45) is 1.85. The Labute approximate surface area is 77.8 Å². The van der Waals surface area contributed by atoms with Gasteiger partial charge in [0.25, 0.3) is 0 Å². The van der Waals surface area contributed by atoms with Crippen LogP contribution in [0.15, 0.2) is 18.3 Å². The predicted molar refractivity (Wildman–Crippen MR) is 53.8 cm³/mol. The molecule has 0 saturated heterocycles. The Morgan fingerprint density at radius 3 is 2.42 bits per heavy atom. The molecule has 1 aromatic rings. The SMILES string of the molecule is COc1cccn[c]1[Sn]([CH3])([CH3])[CH3]. The van der Waals surface area contributed by atoms with Gasteiger partial charge in [-0.25, -0.2) is 0 Å². The zero-order chi connectivity index (χ0) is 9.19. The molecule has 0 saturated carbocycles. The molecule has 0 bridgehead atoms. The maximum absolute atomic E-state index is 5.26. The van der Waals surface area contributed by atoms with E-state index < -0.39 is 18.4 Å². The third kappa shape index (κ3) is 2.12. The molecule has 0 N–H and O–H groups in total. The van der Waals surface area contributed by atoms with Gasteiger partial charge in [-0.3, -0.25) is 0 Å². The van der Waals surface area contributed by atoms with E-state index in [0.29, 0.717) is 0 Å². The van der Waals surface area contributed by atoms with E-state index in [2.05, 4.69) is 19.8 Å². The van der Waals surface area contributed by atoms with Crippen LogP contribution in [0.4, 0.5) is 0 Å². The van der Waals surface area contributed by atoms with Crippen molar-refractivity contribution in [3.63, 3.8) is 0 Å². The van der Waals surface area contributed by atoms with Gasteiger partial charge in [0, 0.05) is 0 Å². The first-order valence-corrected chi connectivity index (χ1v) is 14.0. The fraction of sp³-hybridized carbons (Fsp3) is 0.444. The predicted octanol–water partition coefficient (Wildman–Crippen LogP) is 1.64. The molecule has 1 heterocycles. The summed E-state index contributed by atoms with van der Waals surface area (Å²) in [6.45, 7) is 0. The minimum atomic E-state index is -2.04. The number of aromatic nitrogens is 1. The quantitative estimate of drug-likeness (QED) is 0.763. The van der Waals surface area contributed by atoms with Crippen LogP contribution in [-0.4, -0.2) is 30.5 Å². The van der Waals surface area contributed by atoms with Gasteiger partial charge in [-0.05, 0) is 0 Å². The van der Waals surface area contributed by atoms with Gasteiger partial charge >= 0.3 is 77.8 Å². The van der Waals surface area contributed by atoms with Crippen molar-refractivity contribution in [1.29, 1.82) is 0 Å². The number of rotatable bonds is 2. The number of methoxy groups -OCH3 is 1. The summed E-state index contributed by atoms with van der Waals surface area (Å²) in [5.74, 6) is 0.959. The van der Waals surface area contributed by atoms with Crippen molar-refractivity contribution < 1.29 is 4.74 Å². The van der Waals surface area contributed by atoms with Crippen molar-refractivity contribution in [2.24, 2.45) is 0 Å². The van der Waals surface area contributed by atoms with Crippen LogP contribution in [0.25, 0.3) is 0 Å². The zero-order valence-electron chi connectivity index (χ0n) is 8.09. The Hall–Kier alpha value is -0.251. The summed E-state index contributed by atoms with van der Waals surface area (Å²) in [5, 5.41) is 0. The third-order valence-corrected chi connectivity index (χ3v) is 6.83. The molecule has 1 aromatic heterocycles. The standard InChI is InChI=1S/C6H6NO.3CH3.Sn/c1-8-6-3-2-4-7-5-6;;;;/h2-4H,1H3;3*1H3;. The molecule has 2 nitrogen and oxygen atoms in total. The number of hydrogen-bond acceptors (Lipinski definition) is 2. The van der Waals surface area contributed by atoms with E-state index in [1.165, 1.54) is 3.71 Å². The molecule has 0 fully saturated rings. The van der Waals surface area contributed by atoms with Crippen LogP contribution >= 0.6 is 0 Å². The van der Waals surface area contributed by atoms with Gasteiger partial charge < -0.3 is 0 Å². The molecule has 0 amide bonds. The van der Waals surface area contributed by atoms with Crippen molar-refractivity contribution in [2.45, 2.75) is 14.8 Å². The second-order valence-corrected chi connectivity index (χ2v) is 18.0. The van der Waals surface area contributed by atoms with Crippen molar-refractivity contribution >= 4 is 22.1 Å². The molecule has 0 aliphatic rings. The molecular weight excluding hydrogens is 257 g/mol. The Balaban J connectivity index is 3.14. The fourth-order valence-electron chi connectivity index (χ4n) is 1.12. The van der Waals surface area contributed by atoms with Crippen LogP contribution in [0.5, 0.6) is 5.75 Å². The number of ether oxygens (including phenoxy) is 1. The molecule has 0 aromatic carbocycles. The summed E-state index contributed by atoms with van der Waals surface area (Å²) in [5.41, 5.74) is 0. The first kappa shape index (κ1) is 9.83. The van der Waals surface area contributed by atoms with E-state index >= 15 is 0 Å². The molecule has 0 atom stereocenters. The summed E-state index contributed by atoms with van der Waals surface area (Å²) in [7, 11) is 1.71. The normalized spacial score (nSPS) is 11.3. The molecule has 1 rings (SSSR count). The summed E-state index contributed by atoms with van der Waals surface area (Å²) >= 11 is -2.04. The van der Waals surface area contributed by atoms with Gasteiger partial charge in [0.2, 0.25) is 0 Å². The second kappa shape index (κ2) is 3.64. The average Bonchev–Trinajstić information content (AvgIpc) is 2.03. The molecule has 0 spiro atoms. The number of hydrogen-bond donors (Lipinski definition) is 0. The molecule has 0 radical (unpaired) electrons. The van der Waals surface area contributed by atoms with Crippen LogP contribution < -0.4 is 8.45 Å². The van der Waals surface area contributed by atoms with E-state index in [1.54, 1.807) is 7.11 Å². The van der Waals surface area contributed by atoms with Gasteiger partial charge in [0.1, 0.15) is 0 Å². The molecule has 3 heteroatoms. The Morgan fingerprint density at radius 1 is 1.33 bits per heavy atom. The van der Waals surface area contributed by atoms with Crippen LogP contribution in [-0.2, 0) is 0 Å². The van der Waals surface area contributed by atoms with Crippen LogP contribution in [0.2, 0.25) is 14.8 Å². The molecule has 0 unspecified atom stereocenters. The molecule has 0 aliphatic carbocycles. The van der Waals surface area contributed by atoms with Gasteiger partial charge in [-0.2, -0.15) is 0 Å². The number of pyridine rings is 1. The third-order valence-electron chi connectivity index (χ3n) is 1.70. The summed E-state index contributed by atoms with van der Waals surface area (Å²) < 4.78 is 6.48. The maximum atomic E-state index is 5.26. The van der Waals surface area contributed by atoms with Crippen molar-refractivity contribution in [2.75, 3.05) is 7.11 Å². The molecular formula is C9H15NOSn. The van der Waals surface area contributed by atoms with Crippen LogP contribution in [0.3, 0.4) is 0 Å². The van der Waals surface area contributed by atoms with Gasteiger partial charge in [0.15, 0.2) is 0 Å². The van der Waals surface area contributed by atoms with Gasteiger partial charge in [0.05, 0.1) is 0 Å². The van der Waals surface area contributed by atoms with E-state index in [1.807, 2.05) is 18.3 Å². The minimum absolute atomic E-state index is 0.959. The van der Waals surface area contributed by atoms with Crippen molar-refractivity contribution in [3.05, 3.63) is 18.3 Å². The average molecular weight is 272 g/mol. The molecule has 0 aliphatic heterocycles. The second-order valence-electron chi connectivity index (χ2n) is 3.80. The molecule has 66 valence electrons. The monoisotopic (exact) mass is 273 g/mol. The first-order valence-electron chi connectivity index (χ1n) is 4.05. The van der Waals surface area contributed by atoms with Crippen molar-refractivity contribution in [3.8, 4) is 5.75 Å². The summed E-state index contributed by atoms with van der Waals surface area (Å²) in [6, 6.07) is 3.91. The zero-order valence-corrected chi connectivity index (χ0v) is 10.9. The Morgan fingerprint density at radius 2 is 2.00 bits per heavy atom. The first-order chi connectivity index (χ1) is 5.55. The van der Waals surface area contributed by atoms with E-state index in [-0.39, 0.29) is 0 Å². The van der Waals surface area contributed by atoms with E-state index in [9.17, 15) is 0 Å². The van der Waals surface area contributed by atoms with E-state index in [0.717, 1.165) is 5.75 Å². The summed E-state index contributed by atoms with van der Waals surface area (Å²) in [4.78, 5) is 11.4. The van der Waals surface area contributed by atoms with E-state index in [4.69, 9.17) is 4.74 Å². The fourth-order valence-corrected chi connectivity index (χ4v) is 5.08. The Kier molecular flexibility index (Phi) is 2.98. The molecule has 12 heavy (non-hydrogen) atoms. The van der Waals surface area contributed by atoms with Crippen molar-refractivity contribution in [1.82, 2.24) is 4.98 Å². The topological polar surface area (TPSA) is 22.1 Å². The van der Waals surface area contributed by atoms with Gasteiger partial charge in [-0.1, -0.05) is 0 Å². The van der Waals surface area contributed by atoms with Crippen LogP contribution in [0, 0.1) is 0 Å². The van der Waals surface area contributed by atoms with Gasteiger partial charge in [-0.15, -0.1) is 0 Å². The Bertz CT molecular complexity index is 267. The number of nitrogens with zero attached hydrogens (tertiary/aromatic N) is 1. The van der Waals surface area contributed by atoms with Crippen LogP contribution in [0.1, 0.15) is 0 Å².